The van der Waals surface area contributed by atoms with E-state index < -0.39 is 0 Å². The lowest BCUT2D eigenvalue weighted by Gasteiger charge is -2.28. The molecule has 6 aromatic carbocycles. The summed E-state index contributed by atoms with van der Waals surface area (Å²) in [4.78, 5) is 0. The van der Waals surface area contributed by atoms with Gasteiger partial charge in [0.25, 0.3) is 0 Å². The molecule has 66 heavy (non-hydrogen) atoms. The average Bonchev–Trinajstić information content (AvgIpc) is 3.37. The highest BCUT2D eigenvalue weighted by Gasteiger charge is 2.23. The van der Waals surface area contributed by atoms with Gasteiger partial charge in [-0.25, -0.2) is 0 Å². The molecular weight excluding hydrogens is 801 g/mol. The van der Waals surface area contributed by atoms with Crippen LogP contribution in [-0.4, -0.2) is 0 Å². The molecule has 2 aliphatic rings. The van der Waals surface area contributed by atoms with E-state index in [0.717, 1.165) is 59.1 Å². The molecule has 0 unspecified atom stereocenters. The Morgan fingerprint density at radius 3 is 1.05 bits per heavy atom. The van der Waals surface area contributed by atoms with Gasteiger partial charge in [-0.15, -0.1) is 0 Å². The van der Waals surface area contributed by atoms with E-state index in [9.17, 15) is 0 Å². The summed E-state index contributed by atoms with van der Waals surface area (Å²) in [5, 5.41) is 4.73. The summed E-state index contributed by atoms with van der Waals surface area (Å²) < 4.78 is 13.7. The van der Waals surface area contributed by atoms with E-state index in [1.807, 2.05) is 0 Å². The zero-order valence-corrected chi connectivity index (χ0v) is 41.1. The molecule has 0 spiro atoms. The predicted molar refractivity (Wildman–Crippen MR) is 283 cm³/mol. The molecule has 0 radical (unpaired) electrons. The second kappa shape index (κ2) is 25.5. The molecule has 0 bridgehead atoms. The van der Waals surface area contributed by atoms with Gasteiger partial charge >= 0.3 is 0 Å². The van der Waals surface area contributed by atoms with Crippen molar-refractivity contribution in [3.63, 3.8) is 0 Å². The van der Waals surface area contributed by atoms with Crippen LogP contribution in [0.25, 0.3) is 32.7 Å². The number of benzene rings is 6. The minimum Gasteiger partial charge on any atom is -0.488 e. The van der Waals surface area contributed by atoms with Crippen molar-refractivity contribution in [2.75, 3.05) is 0 Å². The summed E-state index contributed by atoms with van der Waals surface area (Å²) in [5.41, 5.74) is 7.46. The van der Waals surface area contributed by atoms with Crippen LogP contribution in [0.4, 0.5) is 0 Å². The van der Waals surface area contributed by atoms with Crippen molar-refractivity contribution in [2.24, 2.45) is 23.7 Å². The lowest BCUT2D eigenvalue weighted by molar-refractivity contribution is 0.245. The van der Waals surface area contributed by atoms with Gasteiger partial charge in [-0.1, -0.05) is 251 Å². The predicted octanol–water partition coefficient (Wildman–Crippen LogP) is 19.0. The Balaban J connectivity index is 0.869. The molecule has 8 rings (SSSR count). The zero-order valence-electron chi connectivity index (χ0n) is 41.1. The Morgan fingerprint density at radius 1 is 0.348 bits per heavy atom. The molecule has 0 saturated heterocycles. The fourth-order valence-corrected chi connectivity index (χ4v) is 11.7. The third kappa shape index (κ3) is 13.8. The Hall–Kier alpha value is -4.56. The van der Waals surface area contributed by atoms with E-state index in [0.29, 0.717) is 13.2 Å². The van der Waals surface area contributed by atoms with Crippen LogP contribution >= 0.6 is 0 Å². The van der Waals surface area contributed by atoms with E-state index in [1.165, 1.54) is 185 Å². The standard InChI is InChI=1S/C64H82O2/c1-3-5-7-17-49-27-31-51(32-28-49)19-9-11-21-53-35-39-55(40-36-53)47-65-61-45-43-57-23-13-15-25-59(57)63(61)64-60-26-16-14-24-58(60)44-46-62(64)66-48-56-41-37-54(38-42-56)22-12-10-20-52-33-29-50(30-34-52)18-8-6-4-2/h13-16,23-26,35-46,49-52H,3-12,17-22,27-34,47-48H2,1-2H3. The van der Waals surface area contributed by atoms with Crippen LogP contribution in [0.1, 0.15) is 177 Å². The Bertz CT molecular complexity index is 2160. The first-order chi connectivity index (χ1) is 32.6. The fraction of sp³-hybridized carbons (Fsp3) is 0.500. The summed E-state index contributed by atoms with van der Waals surface area (Å²) in [6.07, 6.45) is 33.6. The first kappa shape index (κ1) is 47.9. The van der Waals surface area contributed by atoms with Gasteiger partial charge in [-0.2, -0.15) is 0 Å². The normalized spacial score (nSPS) is 18.8. The topological polar surface area (TPSA) is 18.5 Å². The molecule has 0 heterocycles. The molecule has 2 nitrogen and oxygen atoms in total. The maximum atomic E-state index is 6.85. The first-order valence-corrected chi connectivity index (χ1v) is 27.1. The summed E-state index contributed by atoms with van der Waals surface area (Å²) in [5.74, 6) is 5.71. The number of unbranched alkanes of at least 4 members (excludes halogenated alkanes) is 6. The smallest absolute Gasteiger partial charge is 0.128 e. The van der Waals surface area contributed by atoms with Gasteiger partial charge in [0, 0.05) is 11.1 Å². The van der Waals surface area contributed by atoms with Crippen LogP contribution in [0, 0.1) is 23.7 Å². The summed E-state index contributed by atoms with van der Waals surface area (Å²) in [6, 6.07) is 44.5. The summed E-state index contributed by atoms with van der Waals surface area (Å²) in [6.45, 7) is 5.67. The van der Waals surface area contributed by atoms with Crippen LogP contribution in [0.5, 0.6) is 11.5 Å². The molecule has 0 aromatic heterocycles. The minimum atomic E-state index is 0.514. The molecule has 2 fully saturated rings. The molecule has 350 valence electrons. The number of rotatable bonds is 25. The Morgan fingerprint density at radius 2 is 0.682 bits per heavy atom. The second-order valence-electron chi connectivity index (χ2n) is 20.8. The molecule has 0 aliphatic heterocycles. The van der Waals surface area contributed by atoms with Crippen molar-refractivity contribution in [3.05, 3.63) is 144 Å². The van der Waals surface area contributed by atoms with E-state index in [2.05, 4.69) is 135 Å². The van der Waals surface area contributed by atoms with Crippen molar-refractivity contribution in [3.8, 4) is 22.6 Å². The molecule has 2 heteroatoms. The van der Waals surface area contributed by atoms with Gasteiger partial charge in [0.2, 0.25) is 0 Å². The van der Waals surface area contributed by atoms with Gasteiger partial charge in [0.15, 0.2) is 0 Å². The maximum Gasteiger partial charge on any atom is 0.128 e. The van der Waals surface area contributed by atoms with Gasteiger partial charge in [-0.05, 0) is 105 Å². The Kier molecular flexibility index (Phi) is 18.5. The third-order valence-electron chi connectivity index (χ3n) is 15.9. The monoisotopic (exact) mass is 883 g/mol. The second-order valence-corrected chi connectivity index (χ2v) is 20.8. The van der Waals surface area contributed by atoms with Crippen LogP contribution in [0.2, 0.25) is 0 Å². The number of aryl methyl sites for hydroxylation is 2. The molecule has 6 aromatic rings. The number of fused-ring (bicyclic) bond motifs is 2. The summed E-state index contributed by atoms with van der Waals surface area (Å²) >= 11 is 0. The van der Waals surface area contributed by atoms with Crippen molar-refractivity contribution in [1.29, 1.82) is 0 Å². The van der Waals surface area contributed by atoms with E-state index >= 15 is 0 Å². The average molecular weight is 883 g/mol. The van der Waals surface area contributed by atoms with Crippen LogP contribution < -0.4 is 9.47 Å². The minimum absolute atomic E-state index is 0.514. The highest BCUT2D eigenvalue weighted by molar-refractivity contribution is 6.09. The first-order valence-electron chi connectivity index (χ1n) is 27.1. The van der Waals surface area contributed by atoms with Gasteiger partial charge < -0.3 is 9.47 Å². The van der Waals surface area contributed by atoms with Gasteiger partial charge in [-0.3, -0.25) is 0 Å². The largest absolute Gasteiger partial charge is 0.488 e. The number of hydrogen-bond donors (Lipinski definition) is 0. The van der Waals surface area contributed by atoms with Crippen LogP contribution in [0.3, 0.4) is 0 Å². The number of hydrogen-bond acceptors (Lipinski definition) is 2. The lowest BCUT2D eigenvalue weighted by atomic mass is 9.78. The maximum absolute atomic E-state index is 6.85. The molecule has 2 saturated carbocycles. The molecule has 0 N–H and O–H groups in total. The molecule has 0 amide bonds. The molecule has 0 atom stereocenters. The van der Waals surface area contributed by atoms with E-state index in [-0.39, 0.29) is 0 Å². The van der Waals surface area contributed by atoms with Crippen molar-refractivity contribution in [2.45, 2.75) is 181 Å². The highest BCUT2D eigenvalue weighted by Crippen LogP contribution is 2.46. The Labute approximate surface area is 400 Å². The van der Waals surface area contributed by atoms with E-state index in [1.54, 1.807) is 0 Å². The van der Waals surface area contributed by atoms with Crippen molar-refractivity contribution >= 4 is 21.5 Å². The van der Waals surface area contributed by atoms with Crippen LogP contribution in [-0.2, 0) is 26.1 Å². The van der Waals surface area contributed by atoms with Crippen LogP contribution in [0.15, 0.2) is 121 Å². The lowest BCUT2D eigenvalue weighted by Crippen LogP contribution is -2.14. The SMILES string of the molecule is CCCCCC1CCC(CCCCc2ccc(COc3ccc4ccccc4c3-c3c(OCc4ccc(CCCCC5CCC(CCCCC)CC5)cc4)ccc4ccccc34)cc2)CC1. The molecule has 2 aliphatic carbocycles. The van der Waals surface area contributed by atoms with Gasteiger partial charge in [0.05, 0.1) is 0 Å². The van der Waals surface area contributed by atoms with Crippen molar-refractivity contribution < 1.29 is 9.47 Å². The quantitative estimate of drug-likeness (QED) is 0.0533. The fourth-order valence-electron chi connectivity index (χ4n) is 11.7. The van der Waals surface area contributed by atoms with Crippen molar-refractivity contribution in [1.82, 2.24) is 0 Å². The molecular formula is C64H82O2. The highest BCUT2D eigenvalue weighted by atomic mass is 16.5. The third-order valence-corrected chi connectivity index (χ3v) is 15.9. The van der Waals surface area contributed by atoms with E-state index in [4.69, 9.17) is 9.47 Å². The number of ether oxygens (including phenoxy) is 2. The summed E-state index contributed by atoms with van der Waals surface area (Å²) in [7, 11) is 0. The zero-order chi connectivity index (χ0) is 45.2. The van der Waals surface area contributed by atoms with Gasteiger partial charge in [0.1, 0.15) is 24.7 Å².